The molecule has 2 rings (SSSR count). The van der Waals surface area contributed by atoms with Crippen molar-refractivity contribution >= 4 is 15.7 Å². The quantitative estimate of drug-likeness (QED) is 0.780. The Bertz CT molecular complexity index is 595. The smallest absolute Gasteiger partial charge is 0.251 e. The lowest BCUT2D eigenvalue weighted by molar-refractivity contribution is 0.0941. The molecule has 0 unspecified atom stereocenters. The van der Waals surface area contributed by atoms with E-state index in [4.69, 9.17) is 4.74 Å². The fourth-order valence-corrected chi connectivity index (χ4v) is 4.10. The standard InChI is InChI=1S/C16H23NO4S/c1-2-3-4-10-21-15-7-5-13(6-8-15)16(18)17-14-9-11-22(19,20)12-14/h5-8,14H,2-4,9-12H2,1H3,(H,17,18)/t14-/m1/s1. The van der Waals surface area contributed by atoms with E-state index in [-0.39, 0.29) is 23.5 Å². The lowest BCUT2D eigenvalue weighted by atomic mass is 10.2. The Balaban J connectivity index is 1.83. The second-order valence-electron chi connectivity index (χ2n) is 5.65. The molecule has 0 bridgehead atoms. The lowest BCUT2D eigenvalue weighted by Gasteiger charge is -2.11. The van der Waals surface area contributed by atoms with Crippen LogP contribution < -0.4 is 10.1 Å². The van der Waals surface area contributed by atoms with Crippen molar-refractivity contribution in [3.05, 3.63) is 29.8 Å². The molecule has 1 fully saturated rings. The van der Waals surface area contributed by atoms with Crippen molar-refractivity contribution in [2.75, 3.05) is 18.1 Å². The van der Waals surface area contributed by atoms with Crippen LogP contribution in [0.3, 0.4) is 0 Å². The summed E-state index contributed by atoms with van der Waals surface area (Å²) >= 11 is 0. The van der Waals surface area contributed by atoms with E-state index in [0.29, 0.717) is 18.6 Å². The van der Waals surface area contributed by atoms with Gasteiger partial charge in [-0.3, -0.25) is 4.79 Å². The van der Waals surface area contributed by atoms with Crippen LogP contribution in [0, 0.1) is 0 Å². The first-order chi connectivity index (χ1) is 10.5. The van der Waals surface area contributed by atoms with E-state index in [1.54, 1.807) is 24.3 Å². The van der Waals surface area contributed by atoms with Gasteiger partial charge in [0, 0.05) is 11.6 Å². The molecule has 1 atom stereocenters. The van der Waals surface area contributed by atoms with Crippen LogP contribution in [0.5, 0.6) is 5.75 Å². The zero-order chi connectivity index (χ0) is 16.0. The minimum absolute atomic E-state index is 0.0391. The third-order valence-corrected chi connectivity index (χ3v) is 5.47. The average Bonchev–Trinajstić information content (AvgIpc) is 2.83. The van der Waals surface area contributed by atoms with Gasteiger partial charge in [-0.2, -0.15) is 0 Å². The first-order valence-electron chi connectivity index (χ1n) is 7.74. The van der Waals surface area contributed by atoms with Crippen molar-refractivity contribution < 1.29 is 17.9 Å². The van der Waals surface area contributed by atoms with E-state index < -0.39 is 9.84 Å². The van der Waals surface area contributed by atoms with Crippen molar-refractivity contribution in [1.29, 1.82) is 0 Å². The van der Waals surface area contributed by atoms with Crippen molar-refractivity contribution in [2.24, 2.45) is 0 Å². The van der Waals surface area contributed by atoms with Crippen LogP contribution in [0.25, 0.3) is 0 Å². The third-order valence-electron chi connectivity index (χ3n) is 3.70. The molecule has 6 heteroatoms. The molecule has 1 aromatic rings. The van der Waals surface area contributed by atoms with Gasteiger partial charge in [-0.15, -0.1) is 0 Å². The van der Waals surface area contributed by atoms with Crippen LogP contribution in [0.2, 0.25) is 0 Å². The summed E-state index contributed by atoms with van der Waals surface area (Å²) in [5.74, 6) is 0.704. The first-order valence-corrected chi connectivity index (χ1v) is 9.56. The molecule has 1 aliphatic heterocycles. The number of benzene rings is 1. The van der Waals surface area contributed by atoms with Crippen LogP contribution in [0.4, 0.5) is 0 Å². The number of hydrogen-bond donors (Lipinski definition) is 1. The number of hydrogen-bond acceptors (Lipinski definition) is 4. The number of carbonyl (C=O) groups is 1. The minimum Gasteiger partial charge on any atom is -0.494 e. The molecule has 122 valence electrons. The number of ether oxygens (including phenoxy) is 1. The summed E-state index contributed by atoms with van der Waals surface area (Å²) in [6.07, 6.45) is 3.81. The summed E-state index contributed by atoms with van der Waals surface area (Å²) in [6.45, 7) is 2.82. The van der Waals surface area contributed by atoms with Crippen molar-refractivity contribution in [3.63, 3.8) is 0 Å². The largest absolute Gasteiger partial charge is 0.494 e. The highest BCUT2D eigenvalue weighted by atomic mass is 32.2. The summed E-state index contributed by atoms with van der Waals surface area (Å²) in [4.78, 5) is 12.1. The van der Waals surface area contributed by atoms with Gasteiger partial charge in [0.15, 0.2) is 9.84 Å². The second kappa shape index (κ2) is 7.63. The molecule has 5 nitrogen and oxygen atoms in total. The predicted molar refractivity (Wildman–Crippen MR) is 86.0 cm³/mol. The summed E-state index contributed by atoms with van der Waals surface area (Å²) in [6, 6.07) is 6.67. The number of carbonyl (C=O) groups excluding carboxylic acids is 1. The number of nitrogens with one attached hydrogen (secondary N) is 1. The van der Waals surface area contributed by atoms with Gasteiger partial charge < -0.3 is 10.1 Å². The molecule has 1 heterocycles. The highest BCUT2D eigenvalue weighted by molar-refractivity contribution is 7.91. The molecular formula is C16H23NO4S. The highest BCUT2D eigenvalue weighted by Crippen LogP contribution is 2.15. The molecule has 0 spiro atoms. The SMILES string of the molecule is CCCCCOc1ccc(C(=O)N[C@@H]2CCS(=O)(=O)C2)cc1. The second-order valence-corrected chi connectivity index (χ2v) is 7.88. The number of rotatable bonds is 7. The van der Waals surface area contributed by atoms with Crippen LogP contribution >= 0.6 is 0 Å². The van der Waals surface area contributed by atoms with E-state index in [0.717, 1.165) is 25.0 Å². The van der Waals surface area contributed by atoms with Gasteiger partial charge in [0.25, 0.3) is 5.91 Å². The topological polar surface area (TPSA) is 72.5 Å². The van der Waals surface area contributed by atoms with Crippen LogP contribution in [-0.4, -0.2) is 38.5 Å². The summed E-state index contributed by atoms with van der Waals surface area (Å²) < 4.78 is 28.4. The first kappa shape index (κ1) is 16.8. The number of sulfone groups is 1. The Labute approximate surface area is 132 Å². The fraction of sp³-hybridized carbons (Fsp3) is 0.562. The van der Waals surface area contributed by atoms with Crippen LogP contribution in [0.15, 0.2) is 24.3 Å². The Morgan fingerprint density at radius 1 is 1.27 bits per heavy atom. The van der Waals surface area contributed by atoms with Crippen LogP contribution in [-0.2, 0) is 9.84 Å². The normalized spacial score (nSPS) is 19.8. The number of amides is 1. The fourth-order valence-electron chi connectivity index (χ4n) is 2.42. The van der Waals surface area contributed by atoms with Gasteiger partial charge in [-0.05, 0) is 37.1 Å². The van der Waals surface area contributed by atoms with E-state index in [1.807, 2.05) is 0 Å². The zero-order valence-corrected chi connectivity index (χ0v) is 13.7. The van der Waals surface area contributed by atoms with Gasteiger partial charge >= 0.3 is 0 Å². The molecule has 0 aliphatic carbocycles. The van der Waals surface area contributed by atoms with Crippen molar-refractivity contribution in [2.45, 2.75) is 38.6 Å². The molecular weight excluding hydrogens is 302 g/mol. The van der Waals surface area contributed by atoms with Gasteiger partial charge in [0.2, 0.25) is 0 Å². The molecule has 1 saturated heterocycles. The Morgan fingerprint density at radius 3 is 2.59 bits per heavy atom. The maximum atomic E-state index is 12.1. The van der Waals surface area contributed by atoms with Gasteiger partial charge in [-0.1, -0.05) is 19.8 Å². The summed E-state index contributed by atoms with van der Waals surface area (Å²) in [5.41, 5.74) is 0.519. The molecule has 0 radical (unpaired) electrons. The van der Waals surface area contributed by atoms with Gasteiger partial charge in [-0.25, -0.2) is 8.42 Å². The maximum absolute atomic E-state index is 12.1. The highest BCUT2D eigenvalue weighted by Gasteiger charge is 2.29. The number of unbranched alkanes of at least 4 members (excludes halogenated alkanes) is 2. The van der Waals surface area contributed by atoms with Crippen LogP contribution in [0.1, 0.15) is 43.0 Å². The Hall–Kier alpha value is -1.56. The lowest BCUT2D eigenvalue weighted by Crippen LogP contribution is -2.35. The van der Waals surface area contributed by atoms with E-state index in [9.17, 15) is 13.2 Å². The van der Waals surface area contributed by atoms with Crippen molar-refractivity contribution in [1.82, 2.24) is 5.32 Å². The predicted octanol–water partition coefficient (Wildman–Crippen LogP) is 2.17. The summed E-state index contributed by atoms with van der Waals surface area (Å²) in [5, 5.41) is 2.77. The molecule has 1 aliphatic rings. The van der Waals surface area contributed by atoms with Gasteiger partial charge in [0.1, 0.15) is 5.75 Å². The molecule has 1 aromatic carbocycles. The molecule has 0 aromatic heterocycles. The van der Waals surface area contributed by atoms with Gasteiger partial charge in [0.05, 0.1) is 18.1 Å². The molecule has 0 saturated carbocycles. The van der Waals surface area contributed by atoms with E-state index in [1.165, 1.54) is 0 Å². The maximum Gasteiger partial charge on any atom is 0.251 e. The monoisotopic (exact) mass is 325 g/mol. The third kappa shape index (κ3) is 5.02. The summed E-state index contributed by atoms with van der Waals surface area (Å²) in [7, 11) is -2.98. The van der Waals surface area contributed by atoms with E-state index >= 15 is 0 Å². The zero-order valence-electron chi connectivity index (χ0n) is 12.9. The molecule has 1 N–H and O–H groups in total. The Morgan fingerprint density at radius 2 is 2.00 bits per heavy atom. The molecule has 1 amide bonds. The average molecular weight is 325 g/mol. The van der Waals surface area contributed by atoms with E-state index in [2.05, 4.69) is 12.2 Å². The Kier molecular flexibility index (Phi) is 5.83. The minimum atomic E-state index is -2.98. The van der Waals surface area contributed by atoms with Crippen molar-refractivity contribution in [3.8, 4) is 5.75 Å². The molecule has 22 heavy (non-hydrogen) atoms.